The van der Waals surface area contributed by atoms with Crippen LogP contribution in [0.5, 0.6) is 5.75 Å². The number of aliphatic hydroxyl groups is 2. The summed E-state index contributed by atoms with van der Waals surface area (Å²) in [5.74, 6) is -0.110. The van der Waals surface area contributed by atoms with Crippen molar-refractivity contribution in [2.45, 2.75) is 105 Å². The van der Waals surface area contributed by atoms with Crippen LogP contribution in [-0.4, -0.2) is 55.2 Å². The van der Waals surface area contributed by atoms with E-state index in [1.54, 1.807) is 13.8 Å². The molecule has 0 amide bonds. The van der Waals surface area contributed by atoms with Crippen LogP contribution in [0.3, 0.4) is 0 Å². The second kappa shape index (κ2) is 23.6. The Labute approximate surface area is 353 Å². The average molecular weight is 803 g/mol. The predicted octanol–water partition coefficient (Wildman–Crippen LogP) is 11.2. The number of rotatable bonds is 25. The second-order valence-electron chi connectivity index (χ2n) is 15.9. The largest absolute Gasteiger partial charge is 0.493 e. The smallest absolute Gasteiger partial charge is 0.333 e. The molecule has 0 atom stereocenters. The van der Waals surface area contributed by atoms with Crippen LogP contribution in [-0.2, 0) is 44.7 Å². The first kappa shape index (κ1) is 46.7. The van der Waals surface area contributed by atoms with E-state index >= 15 is 0 Å². The fourth-order valence-electron chi connectivity index (χ4n) is 7.19. The zero-order valence-electron chi connectivity index (χ0n) is 36.2. The summed E-state index contributed by atoms with van der Waals surface area (Å²) in [6, 6.07) is 28.8. The fourth-order valence-corrected chi connectivity index (χ4v) is 7.19. The Balaban J connectivity index is 1.68. The number of carbonyl (C=O) groups excluding carboxylic acids is 2. The third kappa shape index (κ3) is 13.5. The average Bonchev–Trinajstić information content (AvgIpc) is 3.25. The molecule has 0 spiro atoms. The van der Waals surface area contributed by atoms with Crippen LogP contribution in [0.4, 0.5) is 0 Å². The van der Waals surface area contributed by atoms with Gasteiger partial charge < -0.3 is 24.4 Å². The molecule has 7 heteroatoms. The highest BCUT2D eigenvalue weighted by molar-refractivity contribution is 5.87. The maximum absolute atomic E-state index is 12.2. The lowest BCUT2D eigenvalue weighted by atomic mass is 9.84. The normalized spacial score (nSPS) is 11.3. The Bertz CT molecular complexity index is 1920. The highest BCUT2D eigenvalue weighted by Gasteiger charge is 2.27. The van der Waals surface area contributed by atoms with Crippen molar-refractivity contribution in [1.29, 1.82) is 0 Å². The number of esters is 2. The Morgan fingerprint density at radius 3 is 1.59 bits per heavy atom. The Hall–Kier alpha value is -4.98. The second-order valence-corrected chi connectivity index (χ2v) is 15.9. The third-order valence-electron chi connectivity index (χ3n) is 11.3. The van der Waals surface area contributed by atoms with Gasteiger partial charge in [0.25, 0.3) is 0 Å². The molecule has 0 aliphatic carbocycles. The summed E-state index contributed by atoms with van der Waals surface area (Å²) in [7, 11) is 0. The molecule has 0 aromatic heterocycles. The summed E-state index contributed by atoms with van der Waals surface area (Å²) < 4.78 is 17.5. The highest BCUT2D eigenvalue weighted by Crippen LogP contribution is 2.37. The maximum Gasteiger partial charge on any atom is 0.333 e. The van der Waals surface area contributed by atoms with E-state index in [4.69, 9.17) is 14.2 Å². The molecule has 2 N–H and O–H groups in total. The van der Waals surface area contributed by atoms with E-state index in [0.29, 0.717) is 56.3 Å². The van der Waals surface area contributed by atoms with Crippen LogP contribution in [0, 0.1) is 5.41 Å². The number of aliphatic hydroxyl groups excluding tert-OH is 2. The minimum absolute atomic E-state index is 0.142. The number of carbonyl (C=O) groups is 2. The van der Waals surface area contributed by atoms with Crippen LogP contribution in [0.25, 0.3) is 33.4 Å². The number of aryl methyl sites for hydroxylation is 4. The fraction of sp³-hybridized carbons (Fsp3) is 0.423. The van der Waals surface area contributed by atoms with Crippen LogP contribution >= 0.6 is 0 Å². The molecule has 0 aliphatic heterocycles. The molecule has 4 rings (SSSR count). The summed E-state index contributed by atoms with van der Waals surface area (Å²) in [4.78, 5) is 24.3. The SMILES string of the molecule is C=C(C)C(=O)OCCCc1cc(-c2ccc(-c3ccc(-c4ccc(CCCCC)cc4)cc3)c(CC)c2)cc(CCCOC(=O)C(=C)C)c1OCCC(CC)(CO)CO. The van der Waals surface area contributed by atoms with Gasteiger partial charge in [-0.3, -0.25) is 0 Å². The molecule has 0 fully saturated rings. The van der Waals surface area contributed by atoms with Crippen molar-refractivity contribution in [1.82, 2.24) is 0 Å². The first-order valence-electron chi connectivity index (χ1n) is 21.5. The van der Waals surface area contributed by atoms with Gasteiger partial charge in [0.2, 0.25) is 0 Å². The first-order chi connectivity index (χ1) is 28.5. The molecule has 4 aromatic rings. The molecule has 7 nitrogen and oxygen atoms in total. The molecule has 0 heterocycles. The first-order valence-corrected chi connectivity index (χ1v) is 21.5. The molecule has 0 saturated heterocycles. The summed E-state index contributed by atoms with van der Waals surface area (Å²) >= 11 is 0. The van der Waals surface area contributed by atoms with E-state index in [1.165, 1.54) is 52.6 Å². The molecule has 0 aliphatic rings. The van der Waals surface area contributed by atoms with Crippen molar-refractivity contribution < 1.29 is 34.0 Å². The van der Waals surface area contributed by atoms with E-state index < -0.39 is 17.4 Å². The van der Waals surface area contributed by atoms with Gasteiger partial charge in [0, 0.05) is 16.6 Å². The van der Waals surface area contributed by atoms with Gasteiger partial charge >= 0.3 is 11.9 Å². The van der Waals surface area contributed by atoms with E-state index in [1.807, 2.05) is 6.92 Å². The third-order valence-corrected chi connectivity index (χ3v) is 11.3. The number of hydrogen-bond acceptors (Lipinski definition) is 7. The number of ether oxygens (including phenoxy) is 3. The summed E-state index contributed by atoms with van der Waals surface area (Å²) in [6.45, 7) is 17.5. The van der Waals surface area contributed by atoms with Crippen molar-refractivity contribution in [2.75, 3.05) is 33.0 Å². The minimum Gasteiger partial charge on any atom is -0.493 e. The van der Waals surface area contributed by atoms with E-state index in [0.717, 1.165) is 40.8 Å². The lowest BCUT2D eigenvalue weighted by Gasteiger charge is -2.28. The molecular formula is C52H66O7. The van der Waals surface area contributed by atoms with Gasteiger partial charge in [-0.15, -0.1) is 0 Å². The molecule has 0 unspecified atom stereocenters. The lowest BCUT2D eigenvalue weighted by Crippen LogP contribution is -2.31. The topological polar surface area (TPSA) is 102 Å². The van der Waals surface area contributed by atoms with Crippen molar-refractivity contribution in [3.05, 3.63) is 125 Å². The maximum atomic E-state index is 12.2. The van der Waals surface area contributed by atoms with Gasteiger partial charge in [-0.1, -0.05) is 114 Å². The van der Waals surface area contributed by atoms with Crippen LogP contribution in [0.15, 0.2) is 103 Å². The highest BCUT2D eigenvalue weighted by atomic mass is 16.5. The molecular weight excluding hydrogens is 737 g/mol. The minimum atomic E-state index is -0.647. The van der Waals surface area contributed by atoms with E-state index in [2.05, 4.69) is 106 Å². The van der Waals surface area contributed by atoms with Crippen LogP contribution in [0.1, 0.15) is 102 Å². The molecule has 316 valence electrons. The molecule has 0 radical (unpaired) electrons. The zero-order valence-corrected chi connectivity index (χ0v) is 36.2. The Kier molecular flexibility index (Phi) is 18.7. The van der Waals surface area contributed by atoms with Crippen molar-refractivity contribution in [2.24, 2.45) is 5.41 Å². The lowest BCUT2D eigenvalue weighted by molar-refractivity contribution is -0.139. The molecule has 0 saturated carbocycles. The number of unbranched alkanes of at least 4 members (excludes halogenated alkanes) is 2. The van der Waals surface area contributed by atoms with Gasteiger partial charge in [-0.2, -0.15) is 0 Å². The Morgan fingerprint density at radius 2 is 1.10 bits per heavy atom. The summed E-state index contributed by atoms with van der Waals surface area (Å²) in [5.41, 5.74) is 11.5. The monoisotopic (exact) mass is 802 g/mol. The Morgan fingerprint density at radius 1 is 0.593 bits per heavy atom. The standard InChI is InChI=1S/C52H66O7/c1-8-11-12-15-39-18-20-41(21-19-39)42-22-24-43(25-23-42)48-27-26-44(32-40(48)9-2)47-33-45(16-13-29-58-50(55)37(4)5)49(57-31-28-52(10-3,35-53)36-54)46(34-47)17-14-30-59-51(56)38(6)7/h18-27,32-34,53-54H,4,6,8-17,28-31,35-36H2,1-3,5,7H3. The van der Waals surface area contributed by atoms with Gasteiger partial charge in [0.05, 0.1) is 33.0 Å². The van der Waals surface area contributed by atoms with Gasteiger partial charge in [-0.05, 0) is 139 Å². The molecule has 0 bridgehead atoms. The van der Waals surface area contributed by atoms with Crippen molar-refractivity contribution >= 4 is 11.9 Å². The van der Waals surface area contributed by atoms with Gasteiger partial charge in [0.15, 0.2) is 0 Å². The van der Waals surface area contributed by atoms with Crippen LogP contribution in [0.2, 0.25) is 0 Å². The number of hydrogen-bond donors (Lipinski definition) is 2. The quantitative estimate of drug-likeness (QED) is 0.0391. The molecule has 59 heavy (non-hydrogen) atoms. The van der Waals surface area contributed by atoms with E-state index in [-0.39, 0.29) is 26.4 Å². The van der Waals surface area contributed by atoms with Crippen molar-refractivity contribution in [3.8, 4) is 39.1 Å². The number of benzene rings is 4. The molecule has 4 aromatic carbocycles. The zero-order chi connectivity index (χ0) is 42.8. The van der Waals surface area contributed by atoms with Gasteiger partial charge in [0.1, 0.15) is 5.75 Å². The van der Waals surface area contributed by atoms with E-state index in [9.17, 15) is 19.8 Å². The van der Waals surface area contributed by atoms with Crippen molar-refractivity contribution in [3.63, 3.8) is 0 Å². The van der Waals surface area contributed by atoms with Crippen LogP contribution < -0.4 is 4.74 Å². The summed E-state index contributed by atoms with van der Waals surface area (Å²) in [6.07, 6.45) is 9.07. The van der Waals surface area contributed by atoms with Gasteiger partial charge in [-0.25, -0.2) is 9.59 Å². The summed E-state index contributed by atoms with van der Waals surface area (Å²) in [5, 5.41) is 20.2. The predicted molar refractivity (Wildman–Crippen MR) is 241 cm³/mol.